The van der Waals surface area contributed by atoms with Crippen LogP contribution < -0.4 is 0 Å². The van der Waals surface area contributed by atoms with Crippen LogP contribution in [0.25, 0.3) is 10.9 Å². The van der Waals surface area contributed by atoms with Crippen LogP contribution >= 0.6 is 0 Å². The first-order valence-electron chi connectivity index (χ1n) is 11.2. The zero-order chi connectivity index (χ0) is 27.5. The maximum Gasteiger partial charge on any atom is 0.416 e. The molecule has 11 heteroatoms. The zero-order valence-electron chi connectivity index (χ0n) is 20.2. The first-order chi connectivity index (χ1) is 17.2. The van der Waals surface area contributed by atoms with E-state index in [2.05, 4.69) is 0 Å². The van der Waals surface area contributed by atoms with E-state index in [1.165, 1.54) is 13.1 Å². The Balaban J connectivity index is 2.09. The van der Waals surface area contributed by atoms with Gasteiger partial charge >= 0.3 is 18.3 Å². The number of carbonyl (C=O) groups is 2. The van der Waals surface area contributed by atoms with Gasteiger partial charge in [-0.15, -0.1) is 0 Å². The predicted octanol–water partition coefficient (Wildman–Crippen LogP) is 6.54. The van der Waals surface area contributed by atoms with E-state index in [-0.39, 0.29) is 19.1 Å². The summed E-state index contributed by atoms with van der Waals surface area (Å²) >= 11 is 0. The van der Waals surface area contributed by atoms with Gasteiger partial charge in [-0.2, -0.15) is 26.3 Å². The predicted molar refractivity (Wildman–Crippen MR) is 125 cm³/mol. The van der Waals surface area contributed by atoms with Crippen LogP contribution in [0.1, 0.15) is 46.4 Å². The normalized spacial score (nSPS) is 13.2. The van der Waals surface area contributed by atoms with E-state index in [9.17, 15) is 35.9 Å². The van der Waals surface area contributed by atoms with Crippen molar-refractivity contribution in [2.24, 2.45) is 7.05 Å². The van der Waals surface area contributed by atoms with Crippen LogP contribution in [0.15, 0.2) is 60.8 Å². The molecule has 0 spiro atoms. The van der Waals surface area contributed by atoms with Crippen molar-refractivity contribution in [2.75, 3.05) is 13.7 Å². The first-order valence-corrected chi connectivity index (χ1v) is 11.2. The van der Waals surface area contributed by atoms with Gasteiger partial charge in [-0.3, -0.25) is 4.79 Å². The number of carbonyl (C=O) groups excluding carboxylic acids is 2. The van der Waals surface area contributed by atoms with E-state index in [1.54, 1.807) is 42.9 Å². The van der Waals surface area contributed by atoms with Gasteiger partial charge in [-0.05, 0) is 37.6 Å². The van der Waals surface area contributed by atoms with E-state index in [0.29, 0.717) is 17.7 Å². The summed E-state index contributed by atoms with van der Waals surface area (Å²) in [4.78, 5) is 26.2. The van der Waals surface area contributed by atoms with Crippen molar-refractivity contribution in [1.82, 2.24) is 9.47 Å². The Kier molecular flexibility index (Phi) is 8.04. The fourth-order valence-electron chi connectivity index (χ4n) is 4.04. The second-order valence-corrected chi connectivity index (χ2v) is 8.33. The summed E-state index contributed by atoms with van der Waals surface area (Å²) in [6.07, 6.45) is -5.81. The maximum atomic E-state index is 13.4. The minimum atomic E-state index is -5.09. The smallest absolute Gasteiger partial charge is 0.416 e. The molecule has 1 aromatic heterocycles. The van der Waals surface area contributed by atoms with Crippen molar-refractivity contribution in [3.05, 3.63) is 83.1 Å². The topological polar surface area (TPSA) is 51.5 Å². The van der Waals surface area contributed by atoms with Crippen LogP contribution in [0.4, 0.5) is 26.3 Å². The van der Waals surface area contributed by atoms with Crippen LogP contribution in [-0.4, -0.2) is 35.0 Å². The Bertz CT molecular complexity index is 1290. The van der Waals surface area contributed by atoms with Gasteiger partial charge in [0.25, 0.3) is 5.91 Å². The van der Waals surface area contributed by atoms with Crippen molar-refractivity contribution in [2.45, 2.75) is 31.7 Å². The van der Waals surface area contributed by atoms with Crippen molar-refractivity contribution in [3.8, 4) is 0 Å². The molecule has 1 atom stereocenters. The van der Waals surface area contributed by atoms with Gasteiger partial charge in [0.1, 0.15) is 0 Å². The lowest BCUT2D eigenvalue weighted by molar-refractivity contribution is -0.143. The van der Waals surface area contributed by atoms with Gasteiger partial charge in [-0.25, -0.2) is 4.79 Å². The van der Waals surface area contributed by atoms with E-state index in [1.807, 2.05) is 6.07 Å². The first kappa shape index (κ1) is 27.8. The van der Waals surface area contributed by atoms with E-state index in [0.717, 1.165) is 21.9 Å². The molecular formula is C26H24F6N2O3. The SMILES string of the molecule is CCOC(=O)C=CCC(c1cn(C)c2ccccc12)N(C)C(=O)c1cc(C(F)(F)F)cc(C(F)(F)F)c1. The number of hydrogen-bond donors (Lipinski definition) is 0. The Labute approximate surface area is 208 Å². The molecule has 0 saturated carbocycles. The molecule has 1 heterocycles. The van der Waals surface area contributed by atoms with Crippen molar-refractivity contribution >= 4 is 22.8 Å². The Morgan fingerprint density at radius 3 is 2.19 bits per heavy atom. The standard InChI is InChI=1S/C26H24F6N2O3/c1-4-37-23(35)11-7-10-22(20-15-33(2)21-9-6-5-8-19(20)21)34(3)24(36)16-12-17(25(27,28)29)14-18(13-16)26(30,31)32/h5-9,11-15,22H,4,10H2,1-3H3. The number of aryl methyl sites for hydroxylation is 1. The summed E-state index contributed by atoms with van der Waals surface area (Å²) < 4.78 is 86.8. The fraction of sp³-hybridized carbons (Fsp3) is 0.308. The Hall–Kier alpha value is -3.76. The molecule has 2 aromatic carbocycles. The average Bonchev–Trinajstić information content (AvgIpc) is 3.16. The molecule has 0 aliphatic rings. The number of para-hydroxylation sites is 1. The summed E-state index contributed by atoms with van der Waals surface area (Å²) in [5.41, 5.74) is -2.52. The number of rotatable bonds is 7. The molecule has 3 aromatic rings. The van der Waals surface area contributed by atoms with Crippen molar-refractivity contribution in [3.63, 3.8) is 0 Å². The quantitative estimate of drug-likeness (QED) is 0.200. The molecule has 1 unspecified atom stereocenters. The molecule has 3 rings (SSSR count). The minimum Gasteiger partial charge on any atom is -0.463 e. The van der Waals surface area contributed by atoms with Crippen LogP contribution in [0, 0.1) is 0 Å². The Morgan fingerprint density at radius 1 is 1.03 bits per heavy atom. The van der Waals surface area contributed by atoms with Crippen molar-refractivity contribution < 1.29 is 40.7 Å². The molecule has 0 saturated heterocycles. The van der Waals surface area contributed by atoms with Crippen LogP contribution in [0.5, 0.6) is 0 Å². The highest BCUT2D eigenvalue weighted by molar-refractivity contribution is 5.95. The molecule has 0 aliphatic carbocycles. The molecule has 5 nitrogen and oxygen atoms in total. The number of halogens is 6. The highest BCUT2D eigenvalue weighted by atomic mass is 19.4. The molecule has 0 radical (unpaired) electrons. The second-order valence-electron chi connectivity index (χ2n) is 8.33. The molecular weight excluding hydrogens is 502 g/mol. The third-order valence-corrected chi connectivity index (χ3v) is 5.81. The average molecular weight is 526 g/mol. The Morgan fingerprint density at radius 2 is 1.62 bits per heavy atom. The lowest BCUT2D eigenvalue weighted by atomic mass is 9.99. The summed E-state index contributed by atoms with van der Waals surface area (Å²) in [5.74, 6) is -1.67. The summed E-state index contributed by atoms with van der Waals surface area (Å²) in [5, 5.41) is 0.735. The number of fused-ring (bicyclic) bond motifs is 1. The van der Waals surface area contributed by atoms with Gasteiger partial charge in [0.05, 0.1) is 23.8 Å². The number of ether oxygens (including phenoxy) is 1. The van der Waals surface area contributed by atoms with Gasteiger partial charge < -0.3 is 14.2 Å². The third-order valence-electron chi connectivity index (χ3n) is 5.81. The van der Waals surface area contributed by atoms with Gasteiger partial charge in [-0.1, -0.05) is 24.3 Å². The van der Waals surface area contributed by atoms with Crippen LogP contribution in [0.3, 0.4) is 0 Å². The molecule has 37 heavy (non-hydrogen) atoms. The lowest BCUT2D eigenvalue weighted by Crippen LogP contribution is -2.31. The number of benzene rings is 2. The highest BCUT2D eigenvalue weighted by Gasteiger charge is 2.38. The number of amides is 1. The maximum absolute atomic E-state index is 13.4. The third kappa shape index (κ3) is 6.33. The lowest BCUT2D eigenvalue weighted by Gasteiger charge is -2.28. The van der Waals surface area contributed by atoms with Gasteiger partial charge in [0.2, 0.25) is 0 Å². The fourth-order valence-corrected chi connectivity index (χ4v) is 4.04. The van der Waals surface area contributed by atoms with E-state index < -0.39 is 47.0 Å². The number of aromatic nitrogens is 1. The van der Waals surface area contributed by atoms with Gasteiger partial charge in [0, 0.05) is 48.4 Å². The van der Waals surface area contributed by atoms with E-state index in [4.69, 9.17) is 4.74 Å². The van der Waals surface area contributed by atoms with Crippen LogP contribution in [-0.2, 0) is 28.9 Å². The molecule has 0 N–H and O–H groups in total. The summed E-state index contributed by atoms with van der Waals surface area (Å²) in [7, 11) is 3.06. The summed E-state index contributed by atoms with van der Waals surface area (Å²) in [6, 6.07) is 7.14. The number of esters is 1. The number of hydrogen-bond acceptors (Lipinski definition) is 3. The number of nitrogens with zero attached hydrogens (tertiary/aromatic N) is 2. The molecule has 198 valence electrons. The molecule has 0 bridgehead atoms. The summed E-state index contributed by atoms with van der Waals surface area (Å²) in [6.45, 7) is 1.77. The molecule has 1 amide bonds. The highest BCUT2D eigenvalue weighted by Crippen LogP contribution is 2.38. The monoisotopic (exact) mass is 526 g/mol. The molecule has 0 aliphatic heterocycles. The van der Waals surface area contributed by atoms with Crippen LogP contribution in [0.2, 0.25) is 0 Å². The van der Waals surface area contributed by atoms with E-state index >= 15 is 0 Å². The zero-order valence-corrected chi connectivity index (χ0v) is 20.2. The number of alkyl halides is 6. The largest absolute Gasteiger partial charge is 0.463 e. The molecule has 0 fully saturated rings. The van der Waals surface area contributed by atoms with Crippen molar-refractivity contribution in [1.29, 1.82) is 0 Å². The second kappa shape index (κ2) is 10.7. The minimum absolute atomic E-state index is 0.0267. The van der Waals surface area contributed by atoms with Gasteiger partial charge in [0.15, 0.2) is 0 Å².